The van der Waals surface area contributed by atoms with Gasteiger partial charge in [0.05, 0.1) is 0 Å². The van der Waals surface area contributed by atoms with E-state index in [9.17, 15) is 0 Å². The predicted octanol–water partition coefficient (Wildman–Crippen LogP) is 2.66. The maximum Gasteiger partial charge on any atom is 0.0120 e. The summed E-state index contributed by atoms with van der Waals surface area (Å²) in [4.78, 5) is 5.37. The number of hydrogen-bond acceptors (Lipinski definition) is 2. The SMILES string of the molecule is CCN1CCC(N2CCC(=C3CC3)CC2)CC1. The fourth-order valence-electron chi connectivity index (χ4n) is 3.53. The molecule has 0 unspecified atom stereocenters. The maximum atomic E-state index is 2.78. The lowest BCUT2D eigenvalue weighted by molar-refractivity contribution is 0.104. The minimum absolute atomic E-state index is 0.892. The fourth-order valence-corrected chi connectivity index (χ4v) is 3.53. The summed E-state index contributed by atoms with van der Waals surface area (Å²) in [5.74, 6) is 0. The highest BCUT2D eigenvalue weighted by Gasteiger charge is 2.28. The van der Waals surface area contributed by atoms with E-state index < -0.39 is 0 Å². The zero-order valence-corrected chi connectivity index (χ0v) is 11.2. The maximum absolute atomic E-state index is 2.78. The van der Waals surface area contributed by atoms with Gasteiger partial charge in [0, 0.05) is 19.1 Å². The summed E-state index contributed by atoms with van der Waals surface area (Å²) in [7, 11) is 0. The van der Waals surface area contributed by atoms with Crippen molar-refractivity contribution in [3.05, 3.63) is 11.1 Å². The Morgan fingerprint density at radius 1 is 0.882 bits per heavy atom. The number of rotatable bonds is 2. The second kappa shape index (κ2) is 5.11. The first-order valence-corrected chi connectivity index (χ1v) is 7.53. The molecule has 2 heterocycles. The molecular weight excluding hydrogens is 208 g/mol. The van der Waals surface area contributed by atoms with E-state index in [-0.39, 0.29) is 0 Å². The summed E-state index contributed by atoms with van der Waals surface area (Å²) in [6, 6.07) is 0.892. The second-order valence-electron chi connectivity index (χ2n) is 5.91. The Morgan fingerprint density at radius 3 is 2.00 bits per heavy atom. The highest BCUT2D eigenvalue weighted by molar-refractivity contribution is 5.26. The van der Waals surface area contributed by atoms with Crippen molar-refractivity contribution >= 4 is 0 Å². The van der Waals surface area contributed by atoms with Gasteiger partial charge in [-0.25, -0.2) is 0 Å². The first-order chi connectivity index (χ1) is 8.36. The number of hydrogen-bond donors (Lipinski definition) is 0. The minimum atomic E-state index is 0.892. The van der Waals surface area contributed by atoms with Crippen LogP contribution >= 0.6 is 0 Å². The third kappa shape index (κ3) is 2.74. The number of likely N-dealkylation sites (tertiary alicyclic amines) is 2. The molecule has 17 heavy (non-hydrogen) atoms. The molecule has 0 amide bonds. The Kier molecular flexibility index (Phi) is 3.53. The summed E-state index contributed by atoms with van der Waals surface area (Å²) in [6.45, 7) is 8.86. The molecule has 0 bridgehead atoms. The van der Waals surface area contributed by atoms with Gasteiger partial charge in [0.2, 0.25) is 0 Å². The molecule has 2 nitrogen and oxygen atoms in total. The number of allylic oxidation sites excluding steroid dienone is 1. The third-order valence-corrected chi connectivity index (χ3v) is 4.92. The molecule has 96 valence electrons. The summed E-state index contributed by atoms with van der Waals surface area (Å²) < 4.78 is 0. The first-order valence-electron chi connectivity index (χ1n) is 7.53. The number of piperidine rings is 2. The van der Waals surface area contributed by atoms with E-state index in [1.54, 1.807) is 0 Å². The lowest BCUT2D eigenvalue weighted by Crippen LogP contribution is -2.46. The van der Waals surface area contributed by atoms with E-state index in [1.807, 2.05) is 11.1 Å². The third-order valence-electron chi connectivity index (χ3n) is 4.92. The van der Waals surface area contributed by atoms with Gasteiger partial charge in [-0.15, -0.1) is 0 Å². The molecule has 0 aromatic rings. The van der Waals surface area contributed by atoms with E-state index in [0.29, 0.717) is 0 Å². The molecule has 0 radical (unpaired) electrons. The minimum Gasteiger partial charge on any atom is -0.303 e. The smallest absolute Gasteiger partial charge is 0.0120 e. The molecule has 0 spiro atoms. The molecule has 0 aromatic heterocycles. The second-order valence-corrected chi connectivity index (χ2v) is 5.91. The predicted molar refractivity (Wildman–Crippen MR) is 72.2 cm³/mol. The van der Waals surface area contributed by atoms with Crippen LogP contribution in [0.15, 0.2) is 11.1 Å². The van der Waals surface area contributed by atoms with Gasteiger partial charge in [-0.1, -0.05) is 18.1 Å². The van der Waals surface area contributed by atoms with E-state index >= 15 is 0 Å². The summed E-state index contributed by atoms with van der Waals surface area (Å²) in [5.41, 5.74) is 3.64. The van der Waals surface area contributed by atoms with Crippen LogP contribution in [0.1, 0.15) is 45.4 Å². The first kappa shape index (κ1) is 11.7. The summed E-state index contributed by atoms with van der Waals surface area (Å²) in [6.07, 6.45) is 8.40. The zero-order valence-electron chi connectivity index (χ0n) is 11.2. The quantitative estimate of drug-likeness (QED) is 0.678. The lowest BCUT2D eigenvalue weighted by Gasteiger charge is -2.40. The molecule has 3 rings (SSSR count). The fraction of sp³-hybridized carbons (Fsp3) is 0.867. The van der Waals surface area contributed by atoms with Crippen molar-refractivity contribution in [3.8, 4) is 0 Å². The molecule has 0 N–H and O–H groups in total. The van der Waals surface area contributed by atoms with Gasteiger partial charge in [-0.05, 0) is 58.2 Å². The van der Waals surface area contributed by atoms with Gasteiger partial charge >= 0.3 is 0 Å². The van der Waals surface area contributed by atoms with E-state index in [0.717, 1.165) is 6.04 Å². The van der Waals surface area contributed by atoms with Crippen molar-refractivity contribution in [1.82, 2.24) is 9.80 Å². The monoisotopic (exact) mass is 234 g/mol. The molecule has 3 aliphatic rings. The molecule has 0 atom stereocenters. The molecule has 1 aliphatic carbocycles. The topological polar surface area (TPSA) is 6.48 Å². The molecule has 2 heteroatoms. The van der Waals surface area contributed by atoms with Gasteiger partial charge in [-0.3, -0.25) is 4.90 Å². The summed E-state index contributed by atoms with van der Waals surface area (Å²) in [5, 5.41) is 0. The van der Waals surface area contributed by atoms with Crippen molar-refractivity contribution in [2.45, 2.75) is 51.5 Å². The molecule has 2 saturated heterocycles. The highest BCUT2D eigenvalue weighted by Crippen LogP contribution is 2.36. The van der Waals surface area contributed by atoms with Crippen LogP contribution in [0.5, 0.6) is 0 Å². The largest absolute Gasteiger partial charge is 0.303 e. The Bertz CT molecular complexity index is 284. The van der Waals surface area contributed by atoms with Gasteiger partial charge in [0.25, 0.3) is 0 Å². The highest BCUT2D eigenvalue weighted by atomic mass is 15.2. The molecule has 3 fully saturated rings. The van der Waals surface area contributed by atoms with E-state index in [1.165, 1.54) is 71.2 Å². The summed E-state index contributed by atoms with van der Waals surface area (Å²) >= 11 is 0. The van der Waals surface area contributed by atoms with Crippen molar-refractivity contribution < 1.29 is 0 Å². The molecule has 0 aromatic carbocycles. The Balaban J connectivity index is 1.48. The number of nitrogens with zero attached hydrogens (tertiary/aromatic N) is 2. The van der Waals surface area contributed by atoms with Crippen LogP contribution in [-0.2, 0) is 0 Å². The molecule has 2 aliphatic heterocycles. The standard InChI is InChI=1S/C15H26N2/c1-2-16-9-7-15(8-10-16)17-11-5-14(6-12-17)13-3-4-13/h15H,2-12H2,1H3. The average molecular weight is 234 g/mol. The van der Waals surface area contributed by atoms with Gasteiger partial charge < -0.3 is 4.90 Å². The van der Waals surface area contributed by atoms with Crippen LogP contribution in [0.4, 0.5) is 0 Å². The Hall–Kier alpha value is -0.340. The lowest BCUT2D eigenvalue weighted by atomic mass is 9.97. The van der Waals surface area contributed by atoms with E-state index in [4.69, 9.17) is 0 Å². The van der Waals surface area contributed by atoms with Crippen LogP contribution in [-0.4, -0.2) is 48.6 Å². The van der Waals surface area contributed by atoms with Gasteiger partial charge in [-0.2, -0.15) is 0 Å². The van der Waals surface area contributed by atoms with Crippen molar-refractivity contribution in [2.75, 3.05) is 32.7 Å². The molecular formula is C15H26N2. The molecule has 1 saturated carbocycles. The van der Waals surface area contributed by atoms with Crippen LogP contribution in [0.3, 0.4) is 0 Å². The van der Waals surface area contributed by atoms with Crippen molar-refractivity contribution in [3.63, 3.8) is 0 Å². The normalized spacial score (nSPS) is 28.8. The van der Waals surface area contributed by atoms with Crippen LogP contribution in [0.25, 0.3) is 0 Å². The zero-order chi connectivity index (χ0) is 11.7. The van der Waals surface area contributed by atoms with Crippen LogP contribution < -0.4 is 0 Å². The van der Waals surface area contributed by atoms with Gasteiger partial charge in [0.1, 0.15) is 0 Å². The van der Waals surface area contributed by atoms with Gasteiger partial charge in [0.15, 0.2) is 0 Å². The van der Waals surface area contributed by atoms with Crippen molar-refractivity contribution in [2.24, 2.45) is 0 Å². The van der Waals surface area contributed by atoms with Crippen LogP contribution in [0, 0.1) is 0 Å². The average Bonchev–Trinajstić information content (AvgIpc) is 3.24. The van der Waals surface area contributed by atoms with E-state index in [2.05, 4.69) is 16.7 Å². The van der Waals surface area contributed by atoms with Crippen LogP contribution in [0.2, 0.25) is 0 Å². The Morgan fingerprint density at radius 2 is 1.47 bits per heavy atom. The Labute approximate surface area is 106 Å². The van der Waals surface area contributed by atoms with Crippen molar-refractivity contribution in [1.29, 1.82) is 0 Å².